The number of rotatable bonds is 8. The second-order valence-electron chi connectivity index (χ2n) is 4.44. The van der Waals surface area contributed by atoms with E-state index in [1.807, 2.05) is 0 Å². The number of hydrogen-bond acceptors (Lipinski definition) is 7. The summed E-state index contributed by atoms with van der Waals surface area (Å²) >= 11 is 0. The minimum atomic E-state index is -4.06. The van der Waals surface area contributed by atoms with Gasteiger partial charge in [-0.25, -0.2) is 4.98 Å². The van der Waals surface area contributed by atoms with E-state index in [2.05, 4.69) is 25.3 Å². The van der Waals surface area contributed by atoms with E-state index >= 15 is 0 Å². The van der Waals surface area contributed by atoms with E-state index in [1.54, 1.807) is 0 Å². The Morgan fingerprint density at radius 1 is 1.45 bits per heavy atom. The quantitative estimate of drug-likeness (QED) is 0.200. The highest BCUT2D eigenvalue weighted by molar-refractivity contribution is 7.51. The summed E-state index contributed by atoms with van der Waals surface area (Å²) in [6.45, 7) is -0.392. The molecule has 0 aliphatic rings. The molecule has 1 atom stereocenters. The normalized spacial score (nSPS) is 13.4. The van der Waals surface area contributed by atoms with Crippen molar-refractivity contribution in [2.24, 2.45) is 0 Å². The molecule has 2 aromatic heterocycles. The number of nitrogens with one attached hydrogen (secondary N) is 3. The van der Waals surface area contributed by atoms with E-state index in [-0.39, 0.29) is 36.3 Å². The topological polar surface area (TPSA) is 173 Å². The van der Waals surface area contributed by atoms with E-state index in [1.165, 1.54) is 6.33 Å². The number of imidazole rings is 1. The highest BCUT2D eigenvalue weighted by atomic mass is 31.2. The summed E-state index contributed by atoms with van der Waals surface area (Å²) in [5, 5.41) is 11.9. The SMILES string of the molecule is O=c1[nH]c(NC(CO)OCCCP(=O)(O)O)nc2nc[nH]c12. The van der Waals surface area contributed by atoms with Crippen molar-refractivity contribution in [3.05, 3.63) is 16.7 Å². The fourth-order valence-electron chi connectivity index (χ4n) is 1.70. The molecule has 2 heterocycles. The van der Waals surface area contributed by atoms with Crippen molar-refractivity contribution in [2.75, 3.05) is 24.7 Å². The maximum Gasteiger partial charge on any atom is 0.325 e. The number of aliphatic hydroxyl groups is 1. The first-order valence-electron chi connectivity index (χ1n) is 6.36. The van der Waals surface area contributed by atoms with Crippen LogP contribution in [0.4, 0.5) is 5.95 Å². The number of nitrogens with zero attached hydrogens (tertiary/aromatic N) is 2. The smallest absolute Gasteiger partial charge is 0.325 e. The maximum absolute atomic E-state index is 11.7. The van der Waals surface area contributed by atoms with Crippen LogP contribution in [0.1, 0.15) is 6.42 Å². The monoisotopic (exact) mass is 333 g/mol. The van der Waals surface area contributed by atoms with Gasteiger partial charge in [0, 0.05) is 6.61 Å². The summed E-state index contributed by atoms with van der Waals surface area (Å²) in [4.78, 5) is 42.1. The number of aromatic nitrogens is 4. The number of fused-ring (bicyclic) bond motifs is 1. The highest BCUT2D eigenvalue weighted by Crippen LogP contribution is 2.34. The van der Waals surface area contributed by atoms with Crippen LogP contribution >= 0.6 is 7.60 Å². The van der Waals surface area contributed by atoms with Gasteiger partial charge in [0.05, 0.1) is 19.1 Å². The van der Waals surface area contributed by atoms with Crippen LogP contribution in [0.3, 0.4) is 0 Å². The van der Waals surface area contributed by atoms with Crippen LogP contribution in [0, 0.1) is 0 Å². The van der Waals surface area contributed by atoms with Crippen molar-refractivity contribution in [1.29, 1.82) is 0 Å². The van der Waals surface area contributed by atoms with Crippen molar-refractivity contribution in [1.82, 2.24) is 19.9 Å². The number of aromatic amines is 2. The van der Waals surface area contributed by atoms with Gasteiger partial charge in [-0.1, -0.05) is 0 Å². The maximum atomic E-state index is 11.7. The average molecular weight is 333 g/mol. The molecular formula is C10H16N5O6P. The third kappa shape index (κ3) is 4.61. The zero-order chi connectivity index (χ0) is 16.2. The largest absolute Gasteiger partial charge is 0.392 e. The predicted molar refractivity (Wildman–Crippen MR) is 76.5 cm³/mol. The summed E-state index contributed by atoms with van der Waals surface area (Å²) in [7, 11) is -4.06. The number of anilines is 1. The van der Waals surface area contributed by atoms with Crippen molar-refractivity contribution < 1.29 is 24.2 Å². The van der Waals surface area contributed by atoms with Gasteiger partial charge >= 0.3 is 7.60 Å². The lowest BCUT2D eigenvalue weighted by atomic mass is 10.5. The molecule has 2 aromatic rings. The van der Waals surface area contributed by atoms with Crippen molar-refractivity contribution in [3.8, 4) is 0 Å². The average Bonchev–Trinajstić information content (AvgIpc) is 2.90. The lowest BCUT2D eigenvalue weighted by Crippen LogP contribution is -2.30. The van der Waals surface area contributed by atoms with Gasteiger partial charge < -0.3 is 29.9 Å². The number of H-pyrrole nitrogens is 2. The molecule has 12 heteroatoms. The molecule has 0 fully saturated rings. The second-order valence-corrected chi connectivity index (χ2v) is 6.22. The molecule has 22 heavy (non-hydrogen) atoms. The molecular weight excluding hydrogens is 317 g/mol. The molecule has 0 aliphatic heterocycles. The Kier molecular flexibility index (Phi) is 5.27. The van der Waals surface area contributed by atoms with E-state index < -0.39 is 26.0 Å². The molecule has 11 nitrogen and oxygen atoms in total. The van der Waals surface area contributed by atoms with Gasteiger partial charge in [-0.05, 0) is 6.42 Å². The Labute approximate surface area is 123 Å². The molecule has 0 spiro atoms. The van der Waals surface area contributed by atoms with Crippen LogP contribution < -0.4 is 10.9 Å². The Bertz CT molecular complexity index is 724. The zero-order valence-electron chi connectivity index (χ0n) is 11.4. The molecule has 0 bridgehead atoms. The van der Waals surface area contributed by atoms with Crippen molar-refractivity contribution in [2.45, 2.75) is 12.6 Å². The number of aliphatic hydroxyl groups excluding tert-OH is 1. The number of ether oxygens (including phenoxy) is 1. The van der Waals surface area contributed by atoms with Crippen LogP contribution in [-0.4, -0.2) is 60.4 Å². The molecule has 122 valence electrons. The Morgan fingerprint density at radius 3 is 2.91 bits per heavy atom. The van der Waals surface area contributed by atoms with Gasteiger partial charge in [0.25, 0.3) is 5.56 Å². The third-order valence-corrected chi connectivity index (χ3v) is 3.57. The first-order valence-corrected chi connectivity index (χ1v) is 8.16. The Hall–Kier alpha value is -1.78. The molecule has 0 radical (unpaired) electrons. The van der Waals surface area contributed by atoms with Gasteiger partial charge in [0.15, 0.2) is 17.4 Å². The summed E-state index contributed by atoms with van der Waals surface area (Å²) in [6.07, 6.45) is 0.277. The Balaban J connectivity index is 1.94. The van der Waals surface area contributed by atoms with Gasteiger partial charge in [0.2, 0.25) is 5.95 Å². The van der Waals surface area contributed by atoms with E-state index in [4.69, 9.17) is 14.5 Å². The van der Waals surface area contributed by atoms with Gasteiger partial charge in [-0.15, -0.1) is 0 Å². The highest BCUT2D eigenvalue weighted by Gasteiger charge is 2.14. The van der Waals surface area contributed by atoms with Crippen molar-refractivity contribution >= 4 is 24.7 Å². The summed E-state index contributed by atoms with van der Waals surface area (Å²) in [5.41, 5.74) is 0.0151. The standard InChI is InChI=1S/C10H16N5O6P/c16-4-6(21-2-1-3-22(18,19)20)13-10-14-8-7(9(17)15-10)11-5-12-8/h5-6,16H,1-4H2,(H2,18,19,20)(H3,11,12,13,14,15,17). The fourth-order valence-corrected chi connectivity index (χ4v) is 2.24. The lowest BCUT2D eigenvalue weighted by Gasteiger charge is -2.17. The molecule has 0 aliphatic carbocycles. The van der Waals surface area contributed by atoms with Crippen molar-refractivity contribution in [3.63, 3.8) is 0 Å². The molecule has 0 saturated carbocycles. The summed E-state index contributed by atoms with van der Waals surface area (Å²) in [5.74, 6) is 0.0682. The van der Waals surface area contributed by atoms with Crippen LogP contribution in [0.2, 0.25) is 0 Å². The van der Waals surface area contributed by atoms with Crippen LogP contribution in [0.5, 0.6) is 0 Å². The van der Waals surface area contributed by atoms with Gasteiger partial charge in [-0.2, -0.15) is 4.98 Å². The van der Waals surface area contributed by atoms with Gasteiger partial charge in [-0.3, -0.25) is 14.3 Å². The fraction of sp³-hybridized carbons (Fsp3) is 0.500. The van der Waals surface area contributed by atoms with Crippen LogP contribution in [0.25, 0.3) is 11.2 Å². The Morgan fingerprint density at radius 2 is 2.23 bits per heavy atom. The second kappa shape index (κ2) is 6.99. The predicted octanol–water partition coefficient (Wildman–Crippen LogP) is -1.04. The minimum Gasteiger partial charge on any atom is -0.392 e. The molecule has 0 aromatic carbocycles. The number of hydrogen-bond donors (Lipinski definition) is 6. The molecule has 2 rings (SSSR count). The van der Waals surface area contributed by atoms with Crippen LogP contribution in [-0.2, 0) is 9.30 Å². The van der Waals surface area contributed by atoms with E-state index in [0.717, 1.165) is 0 Å². The molecule has 6 N–H and O–H groups in total. The molecule has 0 saturated heterocycles. The first kappa shape index (κ1) is 16.6. The van der Waals surface area contributed by atoms with Gasteiger partial charge in [0.1, 0.15) is 0 Å². The molecule has 1 unspecified atom stereocenters. The van der Waals surface area contributed by atoms with Crippen LogP contribution in [0.15, 0.2) is 11.1 Å². The van der Waals surface area contributed by atoms with E-state index in [0.29, 0.717) is 0 Å². The third-order valence-electron chi connectivity index (χ3n) is 2.67. The summed E-state index contributed by atoms with van der Waals surface area (Å²) < 4.78 is 15.9. The molecule has 0 amide bonds. The lowest BCUT2D eigenvalue weighted by molar-refractivity contribution is 0.0306. The first-order chi connectivity index (χ1) is 10.4. The zero-order valence-corrected chi connectivity index (χ0v) is 12.3. The summed E-state index contributed by atoms with van der Waals surface area (Å²) in [6, 6.07) is 0. The van der Waals surface area contributed by atoms with E-state index in [9.17, 15) is 14.5 Å². The minimum absolute atomic E-state index is 0.0260.